The lowest BCUT2D eigenvalue weighted by Gasteiger charge is -2.07. The van der Waals surface area contributed by atoms with E-state index in [-0.39, 0.29) is 12.5 Å². The predicted octanol–water partition coefficient (Wildman–Crippen LogP) is 3.01. The Kier molecular flexibility index (Phi) is 4.38. The second kappa shape index (κ2) is 6.79. The van der Waals surface area contributed by atoms with Crippen molar-refractivity contribution in [3.63, 3.8) is 0 Å². The summed E-state index contributed by atoms with van der Waals surface area (Å²) in [5.41, 5.74) is 5.38. The van der Waals surface area contributed by atoms with Crippen LogP contribution in [0.3, 0.4) is 0 Å². The van der Waals surface area contributed by atoms with Gasteiger partial charge >= 0.3 is 0 Å². The summed E-state index contributed by atoms with van der Waals surface area (Å²) in [6.45, 7) is 1.86. The molecule has 2 aromatic carbocycles. The van der Waals surface area contributed by atoms with Gasteiger partial charge in [0.1, 0.15) is 5.75 Å². The van der Waals surface area contributed by atoms with Crippen LogP contribution in [0.25, 0.3) is 10.9 Å². The number of aromatic nitrogens is 1. The smallest absolute Gasteiger partial charge is 0.277 e. The highest BCUT2D eigenvalue weighted by molar-refractivity contribution is 5.89. The molecule has 0 aliphatic rings. The topological polar surface area (TPSA) is 66.5 Å². The maximum Gasteiger partial charge on any atom is 0.277 e. The molecule has 116 valence electrons. The van der Waals surface area contributed by atoms with Crippen LogP contribution >= 0.6 is 0 Å². The molecular formula is C18H17N3O2. The average molecular weight is 307 g/mol. The Morgan fingerprint density at radius 2 is 2.13 bits per heavy atom. The normalized spacial score (nSPS) is 11.0. The highest BCUT2D eigenvalue weighted by Crippen LogP contribution is 2.15. The number of rotatable bonds is 5. The molecule has 3 rings (SSSR count). The fourth-order valence-corrected chi connectivity index (χ4v) is 2.22. The predicted molar refractivity (Wildman–Crippen MR) is 90.7 cm³/mol. The second-order valence-corrected chi connectivity index (χ2v) is 5.17. The molecule has 0 spiro atoms. The molecule has 0 fully saturated rings. The van der Waals surface area contributed by atoms with Crippen molar-refractivity contribution in [3.8, 4) is 5.75 Å². The molecule has 1 aromatic heterocycles. The summed E-state index contributed by atoms with van der Waals surface area (Å²) in [7, 11) is 0. The Balaban J connectivity index is 1.53. The van der Waals surface area contributed by atoms with Crippen molar-refractivity contribution in [2.45, 2.75) is 6.92 Å². The van der Waals surface area contributed by atoms with Gasteiger partial charge in [0.2, 0.25) is 0 Å². The van der Waals surface area contributed by atoms with Gasteiger partial charge in [0, 0.05) is 11.7 Å². The molecule has 3 aromatic rings. The van der Waals surface area contributed by atoms with Crippen LogP contribution in [0.2, 0.25) is 0 Å². The monoisotopic (exact) mass is 307 g/mol. The van der Waals surface area contributed by atoms with Crippen LogP contribution < -0.4 is 10.2 Å². The lowest BCUT2D eigenvalue weighted by Crippen LogP contribution is -2.24. The molecule has 0 atom stereocenters. The highest BCUT2D eigenvalue weighted by Gasteiger charge is 2.03. The number of para-hydroxylation sites is 1. The SMILES string of the molecule is Cc1ccccc1OCC(=O)N/N=C/c1ccc2cc[nH]c2c1. The first-order valence-electron chi connectivity index (χ1n) is 7.30. The van der Waals surface area contributed by atoms with E-state index in [2.05, 4.69) is 15.5 Å². The van der Waals surface area contributed by atoms with Gasteiger partial charge in [-0.1, -0.05) is 30.3 Å². The van der Waals surface area contributed by atoms with E-state index in [0.717, 1.165) is 22.0 Å². The van der Waals surface area contributed by atoms with Gasteiger partial charge < -0.3 is 9.72 Å². The molecule has 5 nitrogen and oxygen atoms in total. The van der Waals surface area contributed by atoms with Gasteiger partial charge in [0.25, 0.3) is 5.91 Å². The van der Waals surface area contributed by atoms with Crippen LogP contribution in [0.4, 0.5) is 0 Å². The van der Waals surface area contributed by atoms with Gasteiger partial charge in [-0.05, 0) is 41.6 Å². The van der Waals surface area contributed by atoms with E-state index in [0.29, 0.717) is 5.75 Å². The van der Waals surface area contributed by atoms with Crippen molar-refractivity contribution in [2.75, 3.05) is 6.61 Å². The Morgan fingerprint density at radius 3 is 3.00 bits per heavy atom. The Morgan fingerprint density at radius 1 is 1.26 bits per heavy atom. The van der Waals surface area contributed by atoms with E-state index in [4.69, 9.17) is 4.74 Å². The number of aromatic amines is 1. The Bertz CT molecular complexity index is 852. The summed E-state index contributed by atoms with van der Waals surface area (Å²) in [5, 5.41) is 5.09. The van der Waals surface area contributed by atoms with Gasteiger partial charge in [0.05, 0.1) is 6.21 Å². The zero-order valence-corrected chi connectivity index (χ0v) is 12.7. The molecule has 0 bridgehead atoms. The number of fused-ring (bicyclic) bond motifs is 1. The van der Waals surface area contributed by atoms with E-state index in [1.54, 1.807) is 6.21 Å². The van der Waals surface area contributed by atoms with Crippen molar-refractivity contribution in [1.29, 1.82) is 0 Å². The fraction of sp³-hybridized carbons (Fsp3) is 0.111. The fourth-order valence-electron chi connectivity index (χ4n) is 2.22. The standard InChI is InChI=1S/C18H17N3O2/c1-13-4-2-3-5-17(13)23-12-18(22)21-20-11-14-6-7-15-8-9-19-16(15)10-14/h2-11,19H,12H2,1H3,(H,21,22)/b20-11+. The summed E-state index contributed by atoms with van der Waals surface area (Å²) < 4.78 is 5.46. The van der Waals surface area contributed by atoms with Crippen LogP contribution in [-0.4, -0.2) is 23.7 Å². The summed E-state index contributed by atoms with van der Waals surface area (Å²) in [6, 6.07) is 15.5. The number of nitrogens with zero attached hydrogens (tertiary/aromatic N) is 1. The minimum atomic E-state index is -0.301. The van der Waals surface area contributed by atoms with Gasteiger partial charge in [-0.3, -0.25) is 4.79 Å². The van der Waals surface area contributed by atoms with Crippen LogP contribution in [-0.2, 0) is 4.79 Å². The number of carbonyl (C=O) groups is 1. The lowest BCUT2D eigenvalue weighted by molar-refractivity contribution is -0.123. The number of hydrazone groups is 1. The van der Waals surface area contributed by atoms with Crippen molar-refractivity contribution in [1.82, 2.24) is 10.4 Å². The Labute approximate surface area is 134 Å². The van der Waals surface area contributed by atoms with Crippen LogP contribution in [0.5, 0.6) is 5.75 Å². The first-order chi connectivity index (χ1) is 11.2. The molecule has 1 amide bonds. The molecular weight excluding hydrogens is 290 g/mol. The molecule has 0 saturated carbocycles. The zero-order valence-electron chi connectivity index (χ0n) is 12.7. The molecule has 0 aliphatic heterocycles. The second-order valence-electron chi connectivity index (χ2n) is 5.17. The third-order valence-electron chi connectivity index (χ3n) is 3.43. The molecule has 1 heterocycles. The quantitative estimate of drug-likeness (QED) is 0.562. The summed E-state index contributed by atoms with van der Waals surface area (Å²) in [6.07, 6.45) is 3.49. The first-order valence-corrected chi connectivity index (χ1v) is 7.30. The van der Waals surface area contributed by atoms with E-state index in [9.17, 15) is 4.79 Å². The number of amides is 1. The van der Waals surface area contributed by atoms with E-state index < -0.39 is 0 Å². The number of aryl methyl sites for hydroxylation is 1. The van der Waals surface area contributed by atoms with Crippen LogP contribution in [0.15, 0.2) is 59.8 Å². The number of carbonyl (C=O) groups excluding carboxylic acids is 1. The molecule has 0 saturated heterocycles. The van der Waals surface area contributed by atoms with Crippen LogP contribution in [0.1, 0.15) is 11.1 Å². The number of nitrogens with one attached hydrogen (secondary N) is 2. The lowest BCUT2D eigenvalue weighted by atomic mass is 10.2. The van der Waals surface area contributed by atoms with Crippen molar-refractivity contribution in [2.24, 2.45) is 5.10 Å². The minimum absolute atomic E-state index is 0.0716. The highest BCUT2D eigenvalue weighted by atomic mass is 16.5. The molecule has 0 aliphatic carbocycles. The largest absolute Gasteiger partial charge is 0.483 e. The number of hydrogen-bond donors (Lipinski definition) is 2. The number of H-pyrrole nitrogens is 1. The average Bonchev–Trinajstić information content (AvgIpc) is 3.02. The van der Waals surface area contributed by atoms with Gasteiger partial charge in [-0.2, -0.15) is 5.10 Å². The Hall–Kier alpha value is -3.08. The van der Waals surface area contributed by atoms with Gasteiger partial charge in [0.15, 0.2) is 6.61 Å². The van der Waals surface area contributed by atoms with Gasteiger partial charge in [-0.25, -0.2) is 5.43 Å². The van der Waals surface area contributed by atoms with E-state index >= 15 is 0 Å². The van der Waals surface area contributed by atoms with E-state index in [1.165, 1.54) is 0 Å². The maximum absolute atomic E-state index is 11.7. The molecule has 5 heteroatoms. The molecule has 0 radical (unpaired) electrons. The van der Waals surface area contributed by atoms with Crippen LogP contribution in [0, 0.1) is 6.92 Å². The van der Waals surface area contributed by atoms with Crippen molar-refractivity contribution < 1.29 is 9.53 Å². The minimum Gasteiger partial charge on any atom is -0.483 e. The molecule has 23 heavy (non-hydrogen) atoms. The first kappa shape index (κ1) is 14.8. The summed E-state index contributed by atoms with van der Waals surface area (Å²) in [5.74, 6) is 0.397. The number of ether oxygens (including phenoxy) is 1. The molecule has 2 N–H and O–H groups in total. The van der Waals surface area contributed by atoms with Gasteiger partial charge in [-0.15, -0.1) is 0 Å². The summed E-state index contributed by atoms with van der Waals surface area (Å²) in [4.78, 5) is 14.9. The number of benzene rings is 2. The summed E-state index contributed by atoms with van der Waals surface area (Å²) >= 11 is 0. The molecule has 0 unspecified atom stereocenters. The maximum atomic E-state index is 11.7. The van der Waals surface area contributed by atoms with Crippen molar-refractivity contribution >= 4 is 23.0 Å². The number of hydrogen-bond acceptors (Lipinski definition) is 3. The third kappa shape index (κ3) is 3.77. The van der Waals surface area contributed by atoms with E-state index in [1.807, 2.05) is 61.7 Å². The third-order valence-corrected chi connectivity index (χ3v) is 3.43. The zero-order chi connectivity index (χ0) is 16.1. The van der Waals surface area contributed by atoms with Crippen molar-refractivity contribution in [3.05, 3.63) is 65.9 Å².